The van der Waals surface area contributed by atoms with Gasteiger partial charge >= 0.3 is 0 Å². The molecule has 0 saturated carbocycles. The minimum absolute atomic E-state index is 0.128. The zero-order valence-corrected chi connectivity index (χ0v) is 17.4. The van der Waals surface area contributed by atoms with Crippen LogP contribution in [0.1, 0.15) is 16.1 Å². The van der Waals surface area contributed by atoms with Crippen LogP contribution in [-0.2, 0) is 5.54 Å². The van der Waals surface area contributed by atoms with Crippen molar-refractivity contribution in [2.45, 2.75) is 11.0 Å². The molecule has 0 radical (unpaired) electrons. The molecule has 2 aromatic heterocycles. The lowest BCUT2D eigenvalue weighted by atomic mass is 9.84. The van der Waals surface area contributed by atoms with E-state index in [0.29, 0.717) is 24.6 Å². The van der Waals surface area contributed by atoms with Gasteiger partial charge in [0.25, 0.3) is 5.91 Å². The van der Waals surface area contributed by atoms with Gasteiger partial charge in [0, 0.05) is 36.5 Å². The number of benzene rings is 1. The molecule has 2 fully saturated rings. The second-order valence-corrected chi connectivity index (χ2v) is 8.80. The molecule has 3 atom stereocenters. The number of pyridine rings is 1. The molecule has 0 bridgehead atoms. The fourth-order valence-corrected chi connectivity index (χ4v) is 5.54. The molecule has 5 rings (SSSR count). The molecule has 3 aromatic rings. The monoisotopic (exact) mass is 436 g/mol. The average molecular weight is 437 g/mol. The number of aromatic nitrogens is 3. The number of hydrogen-bond acceptors (Lipinski definition) is 7. The van der Waals surface area contributed by atoms with Crippen molar-refractivity contribution in [1.82, 2.24) is 25.6 Å². The molecule has 2 N–H and O–H groups in total. The Balaban J connectivity index is 1.42. The van der Waals surface area contributed by atoms with E-state index in [4.69, 9.17) is 0 Å². The van der Waals surface area contributed by atoms with Gasteiger partial charge in [0.05, 0.1) is 23.6 Å². The van der Waals surface area contributed by atoms with E-state index < -0.39 is 11.4 Å². The van der Waals surface area contributed by atoms with Crippen molar-refractivity contribution in [1.29, 1.82) is 0 Å². The van der Waals surface area contributed by atoms with Crippen molar-refractivity contribution in [2.24, 2.45) is 5.92 Å². The van der Waals surface area contributed by atoms with Gasteiger partial charge < -0.3 is 10.2 Å². The molecular weight excluding hydrogens is 415 g/mol. The van der Waals surface area contributed by atoms with Crippen LogP contribution in [0.2, 0.25) is 0 Å². The SMILES string of the molecule is O=C(NC1NC2(c3ccccn3)CN(c3ncc(F)cn3)CC2CS1)c1ccccc1. The summed E-state index contributed by atoms with van der Waals surface area (Å²) < 4.78 is 13.3. The molecule has 0 aliphatic carbocycles. The van der Waals surface area contributed by atoms with Crippen molar-refractivity contribution >= 4 is 23.6 Å². The third kappa shape index (κ3) is 3.86. The molecule has 158 valence electrons. The summed E-state index contributed by atoms with van der Waals surface area (Å²) >= 11 is 1.66. The number of carbonyl (C=O) groups is 1. The molecule has 1 aromatic carbocycles. The highest BCUT2D eigenvalue weighted by molar-refractivity contribution is 7.99. The fraction of sp³-hybridized carbons (Fsp3) is 0.273. The Bertz CT molecular complexity index is 1050. The predicted octanol–water partition coefficient (Wildman–Crippen LogP) is 2.39. The van der Waals surface area contributed by atoms with Gasteiger partial charge in [0.2, 0.25) is 5.95 Å². The number of thioether (sulfide) groups is 1. The summed E-state index contributed by atoms with van der Waals surface area (Å²) in [5, 5.41) is 6.74. The Kier molecular flexibility index (Phi) is 5.29. The number of amides is 1. The third-order valence-electron chi connectivity index (χ3n) is 5.74. The second-order valence-electron chi connectivity index (χ2n) is 7.66. The quantitative estimate of drug-likeness (QED) is 0.650. The molecule has 31 heavy (non-hydrogen) atoms. The number of anilines is 1. The van der Waals surface area contributed by atoms with Crippen LogP contribution in [0.25, 0.3) is 0 Å². The number of carbonyl (C=O) groups excluding carboxylic acids is 1. The Hall–Kier alpha value is -3.04. The fourth-order valence-electron chi connectivity index (χ4n) is 4.24. The van der Waals surface area contributed by atoms with Crippen LogP contribution in [0.3, 0.4) is 0 Å². The van der Waals surface area contributed by atoms with E-state index in [1.807, 2.05) is 41.3 Å². The molecule has 1 amide bonds. The van der Waals surface area contributed by atoms with E-state index in [9.17, 15) is 9.18 Å². The van der Waals surface area contributed by atoms with Gasteiger partial charge in [-0.1, -0.05) is 24.3 Å². The molecule has 2 aliphatic heterocycles. The smallest absolute Gasteiger partial charge is 0.253 e. The maximum atomic E-state index is 13.3. The number of fused-ring (bicyclic) bond motifs is 1. The third-order valence-corrected chi connectivity index (χ3v) is 6.90. The maximum absolute atomic E-state index is 13.3. The number of rotatable bonds is 4. The summed E-state index contributed by atoms with van der Waals surface area (Å²) in [4.78, 5) is 27.7. The first-order valence-corrected chi connectivity index (χ1v) is 11.1. The summed E-state index contributed by atoms with van der Waals surface area (Å²) in [6, 6.07) is 15.0. The van der Waals surface area contributed by atoms with E-state index in [-0.39, 0.29) is 17.3 Å². The van der Waals surface area contributed by atoms with Crippen LogP contribution in [0, 0.1) is 11.7 Å². The molecule has 3 unspecified atom stereocenters. The number of halogens is 1. The molecule has 4 heterocycles. The number of hydrogen-bond donors (Lipinski definition) is 2. The summed E-state index contributed by atoms with van der Waals surface area (Å²) in [6.07, 6.45) is 4.14. The lowest BCUT2D eigenvalue weighted by Gasteiger charge is -2.42. The van der Waals surface area contributed by atoms with Crippen molar-refractivity contribution in [3.63, 3.8) is 0 Å². The van der Waals surface area contributed by atoms with Crippen LogP contribution in [0.15, 0.2) is 67.1 Å². The number of nitrogens with one attached hydrogen (secondary N) is 2. The van der Waals surface area contributed by atoms with Gasteiger partial charge in [-0.25, -0.2) is 14.4 Å². The van der Waals surface area contributed by atoms with Crippen LogP contribution >= 0.6 is 11.8 Å². The zero-order chi connectivity index (χ0) is 21.3. The predicted molar refractivity (Wildman–Crippen MR) is 117 cm³/mol. The van der Waals surface area contributed by atoms with Gasteiger partial charge in [0.1, 0.15) is 5.50 Å². The van der Waals surface area contributed by atoms with Gasteiger partial charge in [-0.15, -0.1) is 11.8 Å². The first-order valence-electron chi connectivity index (χ1n) is 10.0. The molecule has 9 heteroatoms. The van der Waals surface area contributed by atoms with Crippen molar-refractivity contribution in [3.8, 4) is 0 Å². The van der Waals surface area contributed by atoms with Gasteiger partial charge in [0.15, 0.2) is 5.82 Å². The maximum Gasteiger partial charge on any atom is 0.253 e. The standard InChI is InChI=1S/C22H21FN6OS/c23-17-10-25-20(26-11-17)29-12-16-13-31-21(27-19(30)15-6-2-1-3-7-15)28-22(16,14-29)18-8-4-5-9-24-18/h1-11,16,21,28H,12-14H2,(H,27,30). The summed E-state index contributed by atoms with van der Waals surface area (Å²) in [6.45, 7) is 1.28. The van der Waals surface area contributed by atoms with E-state index >= 15 is 0 Å². The average Bonchev–Trinajstić information content (AvgIpc) is 3.21. The topological polar surface area (TPSA) is 83.0 Å². The summed E-state index contributed by atoms with van der Waals surface area (Å²) in [5.41, 5.74) is 0.759. The normalized spacial score (nSPS) is 25.1. The van der Waals surface area contributed by atoms with Crippen molar-refractivity contribution in [3.05, 3.63) is 84.2 Å². The molecular formula is C22H21FN6OS. The molecule has 2 saturated heterocycles. The first-order chi connectivity index (χ1) is 15.1. The van der Waals surface area contributed by atoms with Gasteiger partial charge in [-0.3, -0.25) is 15.1 Å². The van der Waals surface area contributed by atoms with Crippen molar-refractivity contribution < 1.29 is 9.18 Å². The minimum Gasteiger partial charge on any atom is -0.338 e. The highest BCUT2D eigenvalue weighted by atomic mass is 32.2. The van der Waals surface area contributed by atoms with Gasteiger partial charge in [-0.2, -0.15) is 0 Å². The summed E-state index contributed by atoms with van der Waals surface area (Å²) in [5.74, 6) is 0.934. The van der Waals surface area contributed by atoms with Crippen LogP contribution in [0.5, 0.6) is 0 Å². The van der Waals surface area contributed by atoms with Gasteiger partial charge in [-0.05, 0) is 24.3 Å². The number of nitrogens with zero attached hydrogens (tertiary/aromatic N) is 4. The Morgan fingerprint density at radius 2 is 1.90 bits per heavy atom. The summed E-state index contributed by atoms with van der Waals surface area (Å²) in [7, 11) is 0. The Morgan fingerprint density at radius 3 is 2.65 bits per heavy atom. The van der Waals surface area contributed by atoms with Crippen LogP contribution in [0.4, 0.5) is 10.3 Å². The van der Waals surface area contributed by atoms with Crippen molar-refractivity contribution in [2.75, 3.05) is 23.7 Å². The molecule has 2 aliphatic rings. The Labute approximate surface area is 183 Å². The second kappa shape index (κ2) is 8.24. The highest BCUT2D eigenvalue weighted by Gasteiger charge is 2.53. The van der Waals surface area contributed by atoms with Crippen LogP contribution in [-0.4, -0.2) is 45.2 Å². The first kappa shape index (κ1) is 19.9. The zero-order valence-electron chi connectivity index (χ0n) is 16.6. The Morgan fingerprint density at radius 1 is 1.13 bits per heavy atom. The van der Waals surface area contributed by atoms with Crippen LogP contribution < -0.4 is 15.5 Å². The van der Waals surface area contributed by atoms with E-state index in [0.717, 1.165) is 11.4 Å². The lowest BCUT2D eigenvalue weighted by molar-refractivity contribution is 0.0933. The molecule has 7 nitrogen and oxygen atoms in total. The minimum atomic E-state index is -0.487. The highest BCUT2D eigenvalue weighted by Crippen LogP contribution is 2.43. The molecule has 0 spiro atoms. The lowest BCUT2D eigenvalue weighted by Crippen LogP contribution is -2.61. The largest absolute Gasteiger partial charge is 0.338 e. The van der Waals surface area contributed by atoms with E-state index in [2.05, 4.69) is 25.6 Å². The van der Waals surface area contributed by atoms with E-state index in [1.165, 1.54) is 12.4 Å². The van der Waals surface area contributed by atoms with E-state index in [1.54, 1.807) is 30.1 Å².